The average molecular weight is 615 g/mol. The summed E-state index contributed by atoms with van der Waals surface area (Å²) in [6.45, 7) is 25.7. The second kappa shape index (κ2) is 16.6. The molecule has 0 fully saturated rings. The monoisotopic (exact) mass is 614 g/mol. The molecule has 0 unspecified atom stereocenters. The lowest BCUT2D eigenvalue weighted by molar-refractivity contribution is -0.315. The highest BCUT2D eigenvalue weighted by Gasteiger charge is 2.43. The zero-order chi connectivity index (χ0) is 34.1. The molecule has 1 radical (unpaired) electrons. The normalized spacial score (nSPS) is 13.1. The van der Waals surface area contributed by atoms with E-state index in [-0.39, 0.29) is 6.61 Å². The van der Waals surface area contributed by atoms with Gasteiger partial charge in [-0.15, -0.1) is 0 Å². The lowest BCUT2D eigenvalue weighted by atomic mass is 9.88. The van der Waals surface area contributed by atoms with Gasteiger partial charge in [0.1, 0.15) is 0 Å². The summed E-state index contributed by atoms with van der Waals surface area (Å²) in [5.74, 6) is 0. The van der Waals surface area contributed by atoms with Gasteiger partial charge in [0.15, 0.2) is 11.4 Å². The molecule has 241 valence electrons. The Labute approximate surface area is 280 Å². The molecule has 3 nitrogen and oxygen atoms in total. The molecular weight excluding hydrogens is 559 g/mol. The lowest BCUT2D eigenvalue weighted by Crippen LogP contribution is -2.32. The standard InChI is InChI=1S/C36H37BN2O.3C2H6/c1-7-32-22(3)35-34(36-23(4)33(8-2)25(6)39(36)37-38(35)24(32)5)31-19-17-30(18-20-31)29-15-13-28(14-16-29)27-11-9-26(21-40)10-12-27;3*1-2/h9-20,40H,7-8,21H2,1-6H3;3*1-2H3/q+1;;;. The fourth-order valence-electron chi connectivity index (χ4n) is 6.75. The Kier molecular flexibility index (Phi) is 13.2. The van der Waals surface area contributed by atoms with E-state index >= 15 is 0 Å². The molecule has 1 aromatic heterocycles. The van der Waals surface area contributed by atoms with Crippen molar-refractivity contribution < 1.29 is 9.59 Å². The molecule has 0 aliphatic carbocycles. The van der Waals surface area contributed by atoms with E-state index in [0.29, 0.717) is 0 Å². The second-order valence-electron chi connectivity index (χ2n) is 11.0. The summed E-state index contributed by atoms with van der Waals surface area (Å²) in [5, 5.41) is 9.33. The van der Waals surface area contributed by atoms with Gasteiger partial charge in [0.05, 0.1) is 17.9 Å². The van der Waals surface area contributed by atoms with Crippen LogP contribution in [0.3, 0.4) is 0 Å². The van der Waals surface area contributed by atoms with E-state index in [9.17, 15) is 5.11 Å². The number of benzene rings is 3. The van der Waals surface area contributed by atoms with Gasteiger partial charge in [-0.1, -0.05) is 128 Å². The number of aliphatic hydroxyl groups is 1. The van der Waals surface area contributed by atoms with Crippen LogP contribution in [0.4, 0.5) is 0 Å². The minimum Gasteiger partial charge on any atom is -0.392 e. The van der Waals surface area contributed by atoms with E-state index in [4.69, 9.17) is 0 Å². The number of aromatic nitrogens is 1. The maximum absolute atomic E-state index is 9.33. The Morgan fingerprint density at radius 3 is 1.48 bits per heavy atom. The molecule has 6 rings (SSSR count). The molecule has 0 saturated heterocycles. The smallest absolute Gasteiger partial charge is 0.392 e. The van der Waals surface area contributed by atoms with E-state index in [1.165, 1.54) is 72.9 Å². The molecule has 3 heterocycles. The van der Waals surface area contributed by atoms with Crippen molar-refractivity contribution in [1.29, 1.82) is 0 Å². The molecule has 46 heavy (non-hydrogen) atoms. The molecular formula is C42H55BN2O+. The highest BCUT2D eigenvalue weighted by molar-refractivity contribution is 6.30. The quantitative estimate of drug-likeness (QED) is 0.215. The minimum atomic E-state index is 0.0716. The van der Waals surface area contributed by atoms with Crippen LogP contribution in [0.5, 0.6) is 0 Å². The van der Waals surface area contributed by atoms with Crippen molar-refractivity contribution in [2.75, 3.05) is 0 Å². The van der Waals surface area contributed by atoms with Gasteiger partial charge in [-0.3, -0.25) is 4.49 Å². The molecule has 4 heteroatoms. The Morgan fingerprint density at radius 2 is 1.07 bits per heavy atom. The summed E-state index contributed by atoms with van der Waals surface area (Å²) in [5.41, 5.74) is 19.3. The van der Waals surface area contributed by atoms with Gasteiger partial charge in [-0.25, -0.2) is 0 Å². The third-order valence-electron chi connectivity index (χ3n) is 8.97. The summed E-state index contributed by atoms with van der Waals surface area (Å²) < 4.78 is 4.84. The molecule has 4 aromatic rings. The largest absolute Gasteiger partial charge is 0.699 e. The van der Waals surface area contributed by atoms with E-state index in [0.717, 1.165) is 24.0 Å². The highest BCUT2D eigenvalue weighted by atomic mass is 16.3. The van der Waals surface area contributed by atoms with E-state index in [2.05, 4.69) is 119 Å². The molecule has 0 bridgehead atoms. The number of hydrogen-bond donors (Lipinski definition) is 1. The fourth-order valence-corrected chi connectivity index (χ4v) is 6.75. The fraction of sp³-hybridized carbons (Fsp3) is 0.357. The van der Waals surface area contributed by atoms with Crippen LogP contribution >= 0.6 is 0 Å². The van der Waals surface area contributed by atoms with Crippen LogP contribution in [0.15, 0.2) is 89.6 Å². The topological polar surface area (TPSA) is 28.2 Å². The first kappa shape index (κ1) is 36.6. The van der Waals surface area contributed by atoms with Crippen molar-refractivity contribution in [2.45, 2.75) is 103 Å². The molecule has 0 saturated carbocycles. The zero-order valence-electron chi connectivity index (χ0n) is 30.5. The van der Waals surface area contributed by atoms with Crippen LogP contribution in [-0.2, 0) is 13.0 Å². The van der Waals surface area contributed by atoms with Gasteiger partial charge in [-0.05, 0) is 78.1 Å². The van der Waals surface area contributed by atoms with E-state index in [1.807, 2.05) is 53.7 Å². The number of fused-ring (bicyclic) bond motifs is 2. The molecule has 3 aromatic carbocycles. The van der Waals surface area contributed by atoms with Gasteiger partial charge < -0.3 is 9.58 Å². The molecule has 2 aliphatic heterocycles. The van der Waals surface area contributed by atoms with Crippen LogP contribution in [0.1, 0.15) is 109 Å². The van der Waals surface area contributed by atoms with Gasteiger partial charge in [-0.2, -0.15) is 0 Å². The maximum Gasteiger partial charge on any atom is 0.699 e. The third kappa shape index (κ3) is 6.64. The summed E-state index contributed by atoms with van der Waals surface area (Å²) in [7, 11) is 2.31. The van der Waals surface area contributed by atoms with Crippen LogP contribution in [0.2, 0.25) is 0 Å². The van der Waals surface area contributed by atoms with Crippen molar-refractivity contribution >= 4 is 18.8 Å². The first-order chi connectivity index (χ1) is 22.4. The Morgan fingerprint density at radius 1 is 0.630 bits per heavy atom. The Hall–Kier alpha value is -3.89. The Bertz CT molecular complexity index is 1710. The second-order valence-corrected chi connectivity index (χ2v) is 11.0. The summed E-state index contributed by atoms with van der Waals surface area (Å²) in [4.78, 5) is 0. The molecule has 0 atom stereocenters. The molecule has 0 amide bonds. The SMILES string of the molecule is CC.CC.CC.CCC1=C(C)C2=C(c3ccc(-c4ccc(-c5ccc(CO)cc5)cc4)cc3)c3c(C)c(CC)c(C)n3[B][N+]2=C1C. The number of nitrogens with zero attached hydrogens (tertiary/aromatic N) is 2. The van der Waals surface area contributed by atoms with Crippen molar-refractivity contribution in [3.05, 3.63) is 123 Å². The predicted octanol–water partition coefficient (Wildman–Crippen LogP) is 10.9. The average Bonchev–Trinajstić information content (AvgIpc) is 3.52. The predicted molar refractivity (Wildman–Crippen MR) is 202 cm³/mol. The molecule has 0 spiro atoms. The number of allylic oxidation sites excluding steroid dienone is 2. The molecule has 1 N–H and O–H groups in total. The van der Waals surface area contributed by atoms with Crippen molar-refractivity contribution in [3.63, 3.8) is 0 Å². The van der Waals surface area contributed by atoms with Gasteiger partial charge in [0.25, 0.3) is 0 Å². The first-order valence-electron chi connectivity index (χ1n) is 17.4. The van der Waals surface area contributed by atoms with Gasteiger partial charge in [0.2, 0.25) is 0 Å². The van der Waals surface area contributed by atoms with Crippen LogP contribution in [0.25, 0.3) is 27.8 Å². The van der Waals surface area contributed by atoms with Gasteiger partial charge in [0, 0.05) is 23.8 Å². The number of aliphatic hydroxyl groups excluding tert-OH is 1. The van der Waals surface area contributed by atoms with Crippen LogP contribution in [-0.4, -0.2) is 27.3 Å². The van der Waals surface area contributed by atoms with Crippen molar-refractivity contribution in [2.24, 2.45) is 0 Å². The number of rotatable bonds is 6. The Balaban J connectivity index is 0.000000908. The molecule has 2 aliphatic rings. The van der Waals surface area contributed by atoms with E-state index in [1.54, 1.807) is 0 Å². The summed E-state index contributed by atoms with van der Waals surface area (Å²) in [6.07, 6.45) is 2.07. The lowest BCUT2D eigenvalue weighted by Gasteiger charge is -2.20. The first-order valence-corrected chi connectivity index (χ1v) is 17.4. The minimum absolute atomic E-state index is 0.0716. The van der Waals surface area contributed by atoms with Crippen molar-refractivity contribution in [3.8, 4) is 22.3 Å². The number of hydrogen-bond acceptors (Lipinski definition) is 1. The van der Waals surface area contributed by atoms with Gasteiger partial charge >= 0.3 is 7.55 Å². The highest BCUT2D eigenvalue weighted by Crippen LogP contribution is 2.42. The maximum atomic E-state index is 9.33. The van der Waals surface area contributed by atoms with Crippen LogP contribution < -0.4 is 0 Å². The van der Waals surface area contributed by atoms with Crippen LogP contribution in [0, 0.1) is 13.8 Å². The van der Waals surface area contributed by atoms with E-state index < -0.39 is 0 Å². The van der Waals surface area contributed by atoms with Crippen molar-refractivity contribution in [1.82, 2.24) is 4.48 Å². The zero-order valence-corrected chi connectivity index (χ0v) is 30.5. The summed E-state index contributed by atoms with van der Waals surface area (Å²) in [6, 6.07) is 26.0. The summed E-state index contributed by atoms with van der Waals surface area (Å²) >= 11 is 0. The third-order valence-corrected chi connectivity index (χ3v) is 8.97.